The van der Waals surface area contributed by atoms with Crippen molar-refractivity contribution in [3.8, 4) is 0 Å². The Morgan fingerprint density at radius 3 is 2.48 bits per heavy atom. The van der Waals surface area contributed by atoms with E-state index in [1.807, 2.05) is 19.9 Å². The number of benzene rings is 1. The van der Waals surface area contributed by atoms with Crippen LogP contribution >= 0.6 is 0 Å². The van der Waals surface area contributed by atoms with Crippen LogP contribution in [0.25, 0.3) is 0 Å². The van der Waals surface area contributed by atoms with Crippen LogP contribution in [0.2, 0.25) is 0 Å². The topological polar surface area (TPSA) is 104 Å². The minimum Gasteiger partial charge on any atom is -0.337 e. The van der Waals surface area contributed by atoms with Crippen LogP contribution in [0.15, 0.2) is 30.3 Å². The molecule has 9 heteroatoms. The van der Waals surface area contributed by atoms with Crippen molar-refractivity contribution in [2.45, 2.75) is 44.7 Å². The maximum Gasteiger partial charge on any atom is 0.325 e. The Kier molecular flexibility index (Phi) is 5.97. The van der Waals surface area contributed by atoms with Gasteiger partial charge < -0.3 is 10.2 Å². The second-order valence-corrected chi connectivity index (χ2v) is 9.82. The van der Waals surface area contributed by atoms with Crippen LogP contribution < -0.4 is 5.32 Å². The van der Waals surface area contributed by atoms with Gasteiger partial charge in [0.1, 0.15) is 12.1 Å². The van der Waals surface area contributed by atoms with E-state index in [9.17, 15) is 22.8 Å². The van der Waals surface area contributed by atoms with Gasteiger partial charge in [-0.3, -0.25) is 14.5 Å². The molecule has 3 rings (SSSR count). The van der Waals surface area contributed by atoms with Gasteiger partial charge in [0.05, 0.1) is 11.5 Å². The van der Waals surface area contributed by atoms with Gasteiger partial charge in [0.25, 0.3) is 5.91 Å². The molecule has 0 bridgehead atoms. The Balaban J connectivity index is 1.80. The quantitative estimate of drug-likeness (QED) is 0.668. The highest BCUT2D eigenvalue weighted by Crippen LogP contribution is 2.32. The molecule has 0 unspecified atom stereocenters. The third-order valence-electron chi connectivity index (χ3n) is 5.70. The van der Waals surface area contributed by atoms with Crippen molar-refractivity contribution in [2.24, 2.45) is 0 Å². The highest BCUT2D eigenvalue weighted by atomic mass is 32.2. The molecule has 1 aromatic rings. The monoisotopic (exact) mass is 421 g/mol. The van der Waals surface area contributed by atoms with Crippen LogP contribution in [-0.2, 0) is 25.0 Å². The van der Waals surface area contributed by atoms with E-state index in [2.05, 4.69) is 5.32 Å². The fourth-order valence-corrected chi connectivity index (χ4v) is 5.86. The lowest BCUT2D eigenvalue weighted by Crippen LogP contribution is -2.48. The Labute approximate surface area is 171 Å². The van der Waals surface area contributed by atoms with E-state index < -0.39 is 45.8 Å². The second-order valence-electron chi connectivity index (χ2n) is 7.59. The van der Waals surface area contributed by atoms with Gasteiger partial charge in [0.15, 0.2) is 9.84 Å². The van der Waals surface area contributed by atoms with E-state index in [0.29, 0.717) is 31.4 Å². The molecule has 2 atom stereocenters. The van der Waals surface area contributed by atoms with Gasteiger partial charge in [0.2, 0.25) is 5.91 Å². The van der Waals surface area contributed by atoms with Gasteiger partial charge in [-0.05, 0) is 24.8 Å². The zero-order valence-corrected chi connectivity index (χ0v) is 17.6. The molecule has 2 aliphatic rings. The van der Waals surface area contributed by atoms with Crippen LogP contribution in [0.4, 0.5) is 4.79 Å². The summed E-state index contributed by atoms with van der Waals surface area (Å²) in [6, 6.07) is 7.96. The van der Waals surface area contributed by atoms with Crippen molar-refractivity contribution >= 4 is 27.7 Å². The molecule has 0 aliphatic carbocycles. The molecule has 2 fully saturated rings. The summed E-state index contributed by atoms with van der Waals surface area (Å²) >= 11 is 0. The minimum atomic E-state index is -3.15. The van der Waals surface area contributed by atoms with E-state index in [1.165, 1.54) is 4.90 Å². The Hall–Kier alpha value is -2.42. The number of carbonyl (C=O) groups is 3. The molecule has 0 radical (unpaired) electrons. The fourth-order valence-electron chi connectivity index (χ4n) is 4.13. The highest BCUT2D eigenvalue weighted by Gasteiger charge is 2.52. The first-order valence-electron chi connectivity index (χ1n) is 9.93. The van der Waals surface area contributed by atoms with Crippen LogP contribution in [0.3, 0.4) is 0 Å². The largest absolute Gasteiger partial charge is 0.337 e. The van der Waals surface area contributed by atoms with Gasteiger partial charge in [-0.1, -0.05) is 44.2 Å². The maximum atomic E-state index is 13.2. The molecule has 0 saturated carbocycles. The fraction of sp³-hybridized carbons (Fsp3) is 0.550. The molecule has 29 heavy (non-hydrogen) atoms. The molecule has 4 amide bonds. The Bertz CT molecular complexity index is 902. The predicted molar refractivity (Wildman–Crippen MR) is 108 cm³/mol. The number of hydrogen-bond donors (Lipinski definition) is 1. The van der Waals surface area contributed by atoms with Crippen molar-refractivity contribution in [2.75, 3.05) is 24.6 Å². The average Bonchev–Trinajstić information content (AvgIpc) is 3.18. The van der Waals surface area contributed by atoms with Gasteiger partial charge in [-0.25, -0.2) is 13.2 Å². The number of hydrogen-bond acceptors (Lipinski definition) is 5. The smallest absolute Gasteiger partial charge is 0.325 e. The molecular weight excluding hydrogens is 394 g/mol. The van der Waals surface area contributed by atoms with Crippen molar-refractivity contribution in [3.05, 3.63) is 35.9 Å². The molecule has 158 valence electrons. The van der Waals surface area contributed by atoms with E-state index in [-0.39, 0.29) is 11.5 Å². The van der Waals surface area contributed by atoms with E-state index in [4.69, 9.17) is 0 Å². The van der Waals surface area contributed by atoms with Gasteiger partial charge >= 0.3 is 6.03 Å². The molecule has 8 nitrogen and oxygen atoms in total. The van der Waals surface area contributed by atoms with Gasteiger partial charge in [0, 0.05) is 12.6 Å². The number of nitrogens with one attached hydrogen (secondary N) is 1. The third-order valence-corrected chi connectivity index (χ3v) is 7.45. The van der Waals surface area contributed by atoms with E-state index in [1.54, 1.807) is 24.3 Å². The van der Waals surface area contributed by atoms with Crippen molar-refractivity contribution in [3.63, 3.8) is 0 Å². The molecular formula is C20H27N3O5S. The molecule has 1 aromatic carbocycles. The summed E-state index contributed by atoms with van der Waals surface area (Å²) in [6.07, 6.45) is 1.40. The first-order chi connectivity index (χ1) is 13.7. The average molecular weight is 422 g/mol. The lowest BCUT2D eigenvalue weighted by Gasteiger charge is -2.30. The van der Waals surface area contributed by atoms with E-state index in [0.717, 1.165) is 4.90 Å². The first-order valence-corrected chi connectivity index (χ1v) is 11.8. The molecule has 0 spiro atoms. The highest BCUT2D eigenvalue weighted by molar-refractivity contribution is 7.91. The minimum absolute atomic E-state index is 0.0568. The van der Waals surface area contributed by atoms with Crippen LogP contribution in [0.1, 0.15) is 38.7 Å². The van der Waals surface area contributed by atoms with E-state index >= 15 is 0 Å². The van der Waals surface area contributed by atoms with Crippen molar-refractivity contribution in [1.82, 2.24) is 15.1 Å². The number of amides is 4. The Morgan fingerprint density at radius 2 is 1.93 bits per heavy atom. The summed E-state index contributed by atoms with van der Waals surface area (Å²) in [5, 5.41) is 2.76. The number of sulfone groups is 1. The molecule has 2 aliphatic heterocycles. The van der Waals surface area contributed by atoms with Gasteiger partial charge in [-0.15, -0.1) is 0 Å². The standard InChI is InChI=1S/C20H27N3O5S/c1-3-11-22(16-10-12-29(27,28)14-16)17(24)13-23-18(25)20(4-2,21-19(23)26)15-8-6-5-7-9-15/h5-9,16H,3-4,10-14H2,1-2H3,(H,21,26)/t16-,20+/m0/s1. The van der Waals surface area contributed by atoms with Crippen molar-refractivity contribution < 1.29 is 22.8 Å². The number of carbonyl (C=O) groups excluding carboxylic acids is 3. The van der Waals surface area contributed by atoms with Gasteiger partial charge in [-0.2, -0.15) is 0 Å². The number of urea groups is 1. The maximum absolute atomic E-state index is 13.2. The molecule has 2 heterocycles. The lowest BCUT2D eigenvalue weighted by molar-refractivity contribution is -0.140. The van der Waals surface area contributed by atoms with Crippen LogP contribution in [0.5, 0.6) is 0 Å². The van der Waals surface area contributed by atoms with Crippen LogP contribution in [-0.4, -0.2) is 66.7 Å². The number of nitrogens with zero attached hydrogens (tertiary/aromatic N) is 2. The summed E-state index contributed by atoms with van der Waals surface area (Å²) in [7, 11) is -3.15. The summed E-state index contributed by atoms with van der Waals surface area (Å²) in [4.78, 5) is 41.2. The molecule has 1 N–H and O–H groups in total. The number of imide groups is 1. The zero-order chi connectivity index (χ0) is 21.2. The normalized spacial score (nSPS) is 25.9. The van der Waals surface area contributed by atoms with Crippen molar-refractivity contribution in [1.29, 1.82) is 0 Å². The summed E-state index contributed by atoms with van der Waals surface area (Å²) in [5.74, 6) is -0.874. The Morgan fingerprint density at radius 1 is 1.24 bits per heavy atom. The first kappa shape index (κ1) is 21.3. The lowest BCUT2D eigenvalue weighted by atomic mass is 9.87. The summed E-state index contributed by atoms with van der Waals surface area (Å²) in [5.41, 5.74) is -0.520. The third kappa shape index (κ3) is 4.01. The molecule has 2 saturated heterocycles. The number of rotatable bonds is 7. The zero-order valence-electron chi connectivity index (χ0n) is 16.8. The summed E-state index contributed by atoms with van der Waals surface area (Å²) in [6.45, 7) is 3.70. The van der Waals surface area contributed by atoms with Crippen LogP contribution in [0, 0.1) is 0 Å². The second kappa shape index (κ2) is 8.14. The molecule has 0 aromatic heterocycles. The SMILES string of the molecule is CCCN(C(=O)CN1C(=O)N[C@](CC)(c2ccccc2)C1=O)[C@H]1CCS(=O)(=O)C1. The summed E-state index contributed by atoms with van der Waals surface area (Å²) < 4.78 is 23.7. The predicted octanol–water partition coefficient (Wildman–Crippen LogP) is 1.27.